The monoisotopic (exact) mass is 373 g/mol. The van der Waals surface area contributed by atoms with E-state index in [1.54, 1.807) is 13.0 Å². The summed E-state index contributed by atoms with van der Waals surface area (Å²) in [4.78, 5) is 42.6. The fourth-order valence-corrected chi connectivity index (χ4v) is 2.88. The van der Waals surface area contributed by atoms with E-state index < -0.39 is 36.1 Å². The number of aliphatic imine (C=N–C) groups is 1. The average molecular weight is 373 g/mol. The molecular formula is C18H18FN4O4+. The van der Waals surface area contributed by atoms with Gasteiger partial charge >= 0.3 is 11.9 Å². The van der Waals surface area contributed by atoms with E-state index in [-0.39, 0.29) is 11.5 Å². The molecule has 8 nitrogen and oxygen atoms in total. The van der Waals surface area contributed by atoms with Crippen molar-refractivity contribution in [2.75, 3.05) is 25.5 Å². The molecule has 1 aromatic rings. The predicted molar refractivity (Wildman–Crippen MR) is 95.0 cm³/mol. The molecule has 3 rings (SSSR count). The smallest absolute Gasteiger partial charge is 0.446 e. The van der Waals surface area contributed by atoms with E-state index >= 15 is 0 Å². The van der Waals surface area contributed by atoms with Gasteiger partial charge in [0.05, 0.1) is 13.7 Å². The number of carbonyl (C=O) groups is 3. The Morgan fingerprint density at radius 3 is 2.89 bits per heavy atom. The standard InChI is InChI=1S/C18H17FN4O4/c1-3-27-13-7-8-20-16-15(13)17(25)23(18(26)22(16)2)10-14(24)21-12-6-4-5-11(19)9-12/h4-9,15H,3,10H2,1-2H3/p+1. The van der Waals surface area contributed by atoms with Crippen molar-refractivity contribution < 1.29 is 28.1 Å². The Balaban J connectivity index is 1.82. The van der Waals surface area contributed by atoms with E-state index in [0.717, 1.165) is 11.0 Å². The number of benzene rings is 1. The van der Waals surface area contributed by atoms with Gasteiger partial charge in [-0.3, -0.25) is 9.59 Å². The van der Waals surface area contributed by atoms with Crippen LogP contribution in [0.3, 0.4) is 0 Å². The highest BCUT2D eigenvalue weighted by molar-refractivity contribution is 6.16. The molecule has 0 radical (unpaired) electrons. The van der Waals surface area contributed by atoms with Crippen molar-refractivity contribution in [3.63, 3.8) is 0 Å². The second-order valence-corrected chi connectivity index (χ2v) is 5.90. The molecule has 0 aromatic heterocycles. The fraction of sp³-hybridized carbons (Fsp3) is 0.278. The van der Waals surface area contributed by atoms with Gasteiger partial charge in [-0.1, -0.05) is 6.07 Å². The van der Waals surface area contributed by atoms with Gasteiger partial charge in [-0.05, 0) is 25.1 Å². The van der Waals surface area contributed by atoms with Gasteiger partial charge in [-0.15, -0.1) is 4.99 Å². The van der Waals surface area contributed by atoms with Gasteiger partial charge in [-0.25, -0.2) is 9.18 Å². The first kappa shape index (κ1) is 18.4. The molecule has 1 N–H and O–H groups in total. The van der Waals surface area contributed by atoms with Crippen molar-refractivity contribution in [3.05, 3.63) is 41.9 Å². The average Bonchev–Trinajstić information content (AvgIpc) is 2.63. The number of halogens is 1. The summed E-state index contributed by atoms with van der Waals surface area (Å²) >= 11 is 0. The van der Waals surface area contributed by atoms with Crippen molar-refractivity contribution in [1.29, 1.82) is 0 Å². The van der Waals surface area contributed by atoms with E-state index in [4.69, 9.17) is 4.74 Å². The Hall–Kier alpha value is -3.36. The van der Waals surface area contributed by atoms with Crippen LogP contribution in [-0.4, -0.2) is 59.6 Å². The number of imide groups is 1. The summed E-state index contributed by atoms with van der Waals surface area (Å²) in [5.74, 6) is -2.01. The number of ether oxygens (including phenoxy) is 1. The molecule has 0 fully saturated rings. The van der Waals surface area contributed by atoms with E-state index in [9.17, 15) is 18.8 Å². The number of urea groups is 1. The zero-order valence-electron chi connectivity index (χ0n) is 14.8. The second-order valence-electron chi connectivity index (χ2n) is 5.90. The number of rotatable bonds is 5. The van der Waals surface area contributed by atoms with Crippen LogP contribution in [-0.2, 0) is 14.3 Å². The fourth-order valence-electron chi connectivity index (χ4n) is 2.88. The molecule has 2 aliphatic rings. The third kappa shape index (κ3) is 3.62. The molecule has 2 heterocycles. The number of amidine groups is 1. The Morgan fingerprint density at radius 2 is 2.19 bits per heavy atom. The maximum absolute atomic E-state index is 13.2. The van der Waals surface area contributed by atoms with Crippen molar-refractivity contribution in [2.45, 2.75) is 6.92 Å². The number of fused-ring (bicyclic) bond motifs is 1. The minimum absolute atomic E-state index is 0.231. The first-order valence-corrected chi connectivity index (χ1v) is 8.30. The quantitative estimate of drug-likeness (QED) is 0.790. The van der Waals surface area contributed by atoms with Gasteiger partial charge in [0.15, 0.2) is 12.5 Å². The van der Waals surface area contributed by atoms with Crippen molar-refractivity contribution in [2.24, 2.45) is 10.9 Å². The largest absolute Gasteiger partial charge is 0.497 e. The Morgan fingerprint density at radius 1 is 1.41 bits per heavy atom. The van der Waals surface area contributed by atoms with Crippen LogP contribution >= 0.6 is 0 Å². The topological polar surface area (TPSA) is 91.1 Å². The van der Waals surface area contributed by atoms with Gasteiger partial charge in [0.1, 0.15) is 17.8 Å². The molecule has 0 saturated heterocycles. The van der Waals surface area contributed by atoms with Gasteiger partial charge in [0.25, 0.3) is 11.7 Å². The summed E-state index contributed by atoms with van der Waals surface area (Å²) in [6.45, 7) is 1.61. The summed E-state index contributed by atoms with van der Waals surface area (Å²) in [6, 6.07) is 4.66. The first-order chi connectivity index (χ1) is 12.9. The maximum Gasteiger partial charge on any atom is 0.446 e. The van der Waals surface area contributed by atoms with Crippen molar-refractivity contribution >= 4 is 35.6 Å². The third-order valence-electron chi connectivity index (χ3n) is 4.08. The Bertz CT molecular complexity index is 906. The van der Waals surface area contributed by atoms with Crippen LogP contribution in [0.4, 0.5) is 14.9 Å². The van der Waals surface area contributed by atoms with E-state index in [0.29, 0.717) is 12.4 Å². The molecule has 2 aliphatic heterocycles. The summed E-state index contributed by atoms with van der Waals surface area (Å²) in [6.07, 6.45) is 3.02. The number of allylic oxidation sites excluding steroid dienone is 1. The van der Waals surface area contributed by atoms with Crippen molar-refractivity contribution in [3.8, 4) is 0 Å². The molecule has 9 heteroatoms. The molecule has 1 unspecified atom stereocenters. The van der Waals surface area contributed by atoms with Crippen LogP contribution in [0.2, 0.25) is 0 Å². The number of nitrogens with one attached hydrogen (secondary N) is 1. The zero-order valence-corrected chi connectivity index (χ0v) is 14.8. The van der Waals surface area contributed by atoms with Gasteiger partial charge in [0.2, 0.25) is 0 Å². The lowest BCUT2D eigenvalue weighted by Crippen LogP contribution is -2.56. The molecule has 140 valence electrons. The lowest BCUT2D eigenvalue weighted by atomic mass is 9.99. The van der Waals surface area contributed by atoms with E-state index in [1.807, 2.05) is 0 Å². The maximum atomic E-state index is 13.2. The summed E-state index contributed by atoms with van der Waals surface area (Å²) in [5.41, 5.74) is 0.231. The minimum atomic E-state index is -0.889. The molecule has 0 bridgehead atoms. The number of carbonyl (C=O) groups excluding carboxylic acids is 3. The van der Waals surface area contributed by atoms with Crippen molar-refractivity contribution in [1.82, 2.24) is 4.90 Å². The minimum Gasteiger partial charge on any atom is -0.497 e. The third-order valence-corrected chi connectivity index (χ3v) is 4.08. The number of hydrogen-bond acceptors (Lipinski definition) is 5. The van der Waals surface area contributed by atoms with Crippen LogP contribution in [0.1, 0.15) is 6.92 Å². The molecule has 4 amide bonds. The summed E-state index contributed by atoms with van der Waals surface area (Å²) in [5, 5.41) is 2.47. The number of hydrogen-bond donors (Lipinski definition) is 1. The lowest BCUT2D eigenvalue weighted by Gasteiger charge is -2.28. The first-order valence-electron chi connectivity index (χ1n) is 8.30. The molecule has 0 saturated carbocycles. The van der Waals surface area contributed by atoms with Crippen LogP contribution < -0.4 is 5.32 Å². The molecule has 0 aliphatic carbocycles. The predicted octanol–water partition coefficient (Wildman–Crippen LogP) is 1.39. The van der Waals surface area contributed by atoms with Gasteiger partial charge in [0, 0.05) is 11.8 Å². The van der Waals surface area contributed by atoms with Crippen LogP contribution in [0.25, 0.3) is 0 Å². The highest BCUT2D eigenvalue weighted by Gasteiger charge is 2.50. The number of amides is 4. The van der Waals surface area contributed by atoms with Crippen LogP contribution in [0.5, 0.6) is 0 Å². The van der Waals surface area contributed by atoms with Crippen LogP contribution in [0.15, 0.2) is 41.1 Å². The zero-order chi connectivity index (χ0) is 19.6. The SMILES string of the molecule is CCOC1=CC=NC2=[N+](C)C(=O)N(CC(=O)Nc3cccc(F)c3)C(=O)C12. The second kappa shape index (κ2) is 7.48. The summed E-state index contributed by atoms with van der Waals surface area (Å²) in [7, 11) is 1.47. The van der Waals surface area contributed by atoms with Gasteiger partial charge < -0.3 is 10.1 Å². The van der Waals surface area contributed by atoms with E-state index in [2.05, 4.69) is 10.3 Å². The number of nitrogens with zero attached hydrogens (tertiary/aromatic N) is 3. The lowest BCUT2D eigenvalue weighted by molar-refractivity contribution is -0.408. The van der Waals surface area contributed by atoms with Crippen LogP contribution in [0, 0.1) is 11.7 Å². The highest BCUT2D eigenvalue weighted by Crippen LogP contribution is 2.25. The molecule has 1 aromatic carbocycles. The van der Waals surface area contributed by atoms with Gasteiger partial charge in [-0.2, -0.15) is 9.48 Å². The highest BCUT2D eigenvalue weighted by atomic mass is 19.1. The molecular weight excluding hydrogens is 355 g/mol. The number of anilines is 1. The normalized spacial score (nSPS) is 19.0. The molecule has 1 atom stereocenters. The Labute approximate surface area is 154 Å². The molecule has 0 spiro atoms. The van der Waals surface area contributed by atoms with E-state index in [1.165, 1.54) is 36.0 Å². The molecule has 27 heavy (non-hydrogen) atoms. The summed E-state index contributed by atoms with van der Waals surface area (Å²) < 4.78 is 19.9. The Kier molecular flexibility index (Phi) is 5.11. The number of dihydropyridines is 1.